The van der Waals surface area contributed by atoms with Crippen LogP contribution in [0.5, 0.6) is 5.75 Å². The number of nitrogens with zero attached hydrogens (tertiary/aromatic N) is 1. The molecular weight excluding hydrogens is 242 g/mol. The Morgan fingerprint density at radius 1 is 1.42 bits per heavy atom. The van der Waals surface area contributed by atoms with E-state index in [2.05, 4.69) is 6.92 Å². The van der Waals surface area contributed by atoms with Crippen molar-refractivity contribution in [1.82, 2.24) is 0 Å². The van der Waals surface area contributed by atoms with Gasteiger partial charge in [0.15, 0.2) is 11.9 Å². The van der Waals surface area contributed by atoms with Gasteiger partial charge in [-0.05, 0) is 31.5 Å². The maximum absolute atomic E-state index is 12.0. The Labute approximate surface area is 113 Å². The molecule has 1 amide bonds. The molecule has 1 atom stereocenters. The lowest BCUT2D eigenvalue weighted by Gasteiger charge is -2.30. The number of hydrogen-bond donors (Lipinski definition) is 0. The van der Waals surface area contributed by atoms with Gasteiger partial charge in [-0.2, -0.15) is 0 Å². The van der Waals surface area contributed by atoms with Gasteiger partial charge in [0, 0.05) is 19.0 Å². The molecule has 1 aromatic carbocycles. The van der Waals surface area contributed by atoms with Crippen molar-refractivity contribution in [3.63, 3.8) is 0 Å². The highest BCUT2D eigenvalue weighted by molar-refractivity contribution is 6.01. The summed E-state index contributed by atoms with van der Waals surface area (Å²) in [6.45, 7) is 3.78. The first-order chi connectivity index (χ1) is 9.04. The predicted molar refractivity (Wildman–Crippen MR) is 73.8 cm³/mol. The van der Waals surface area contributed by atoms with Gasteiger partial charge in [-0.1, -0.05) is 13.3 Å². The fraction of sp³-hybridized carbons (Fsp3) is 0.467. The van der Waals surface area contributed by atoms with Crippen LogP contribution in [0.25, 0.3) is 0 Å². The SMILES string of the molecule is CCCCC(=O)c1ccc2c(c1)OC(C)C(=O)N2C. The van der Waals surface area contributed by atoms with E-state index in [1.807, 2.05) is 0 Å². The normalized spacial score (nSPS) is 17.9. The van der Waals surface area contributed by atoms with E-state index in [0.717, 1.165) is 18.5 Å². The van der Waals surface area contributed by atoms with Crippen LogP contribution in [0.2, 0.25) is 0 Å². The molecule has 102 valence electrons. The van der Waals surface area contributed by atoms with Crippen LogP contribution >= 0.6 is 0 Å². The van der Waals surface area contributed by atoms with E-state index in [4.69, 9.17) is 4.74 Å². The van der Waals surface area contributed by atoms with Gasteiger partial charge in [0.05, 0.1) is 5.69 Å². The van der Waals surface area contributed by atoms with Crippen molar-refractivity contribution in [3.8, 4) is 5.75 Å². The monoisotopic (exact) mass is 261 g/mol. The van der Waals surface area contributed by atoms with Crippen LogP contribution in [0.4, 0.5) is 5.69 Å². The first-order valence-electron chi connectivity index (χ1n) is 6.66. The van der Waals surface area contributed by atoms with Crippen molar-refractivity contribution < 1.29 is 14.3 Å². The standard InChI is InChI=1S/C15H19NO3/c1-4-5-6-13(17)11-7-8-12-14(9-11)19-10(2)15(18)16(12)3/h7-10H,4-6H2,1-3H3. The maximum atomic E-state index is 12.0. The molecule has 0 bridgehead atoms. The van der Waals surface area contributed by atoms with Crippen molar-refractivity contribution in [2.24, 2.45) is 0 Å². The van der Waals surface area contributed by atoms with Gasteiger partial charge in [0.25, 0.3) is 5.91 Å². The number of anilines is 1. The Balaban J connectivity index is 2.27. The maximum Gasteiger partial charge on any atom is 0.267 e. The Morgan fingerprint density at radius 2 is 2.16 bits per heavy atom. The summed E-state index contributed by atoms with van der Waals surface area (Å²) in [6.07, 6.45) is 1.95. The number of ether oxygens (including phenoxy) is 1. The molecule has 1 heterocycles. The van der Waals surface area contributed by atoms with E-state index < -0.39 is 6.10 Å². The molecule has 1 aromatic rings. The van der Waals surface area contributed by atoms with E-state index >= 15 is 0 Å². The summed E-state index contributed by atoms with van der Waals surface area (Å²) >= 11 is 0. The zero-order chi connectivity index (χ0) is 14.0. The van der Waals surface area contributed by atoms with Crippen molar-refractivity contribution in [3.05, 3.63) is 23.8 Å². The zero-order valence-corrected chi connectivity index (χ0v) is 11.6. The number of hydrogen-bond acceptors (Lipinski definition) is 3. The van der Waals surface area contributed by atoms with E-state index in [9.17, 15) is 9.59 Å². The smallest absolute Gasteiger partial charge is 0.267 e. The molecule has 0 N–H and O–H groups in total. The molecule has 4 heteroatoms. The lowest BCUT2D eigenvalue weighted by molar-refractivity contribution is -0.125. The van der Waals surface area contributed by atoms with Gasteiger partial charge in [-0.3, -0.25) is 9.59 Å². The average molecular weight is 261 g/mol. The third-order valence-corrected chi connectivity index (χ3v) is 3.38. The lowest BCUT2D eigenvalue weighted by atomic mass is 10.0. The van der Waals surface area contributed by atoms with Gasteiger partial charge in [0.2, 0.25) is 0 Å². The van der Waals surface area contributed by atoms with Crippen LogP contribution in [0.3, 0.4) is 0 Å². The number of amides is 1. The van der Waals surface area contributed by atoms with Crippen molar-refractivity contribution in [1.29, 1.82) is 0 Å². The third-order valence-electron chi connectivity index (χ3n) is 3.38. The highest BCUT2D eigenvalue weighted by atomic mass is 16.5. The largest absolute Gasteiger partial charge is 0.479 e. The molecule has 0 aromatic heterocycles. The summed E-state index contributed by atoms with van der Waals surface area (Å²) < 4.78 is 5.57. The minimum absolute atomic E-state index is 0.0717. The van der Waals surface area contributed by atoms with Gasteiger partial charge in [0.1, 0.15) is 5.75 Å². The first-order valence-corrected chi connectivity index (χ1v) is 6.66. The van der Waals surface area contributed by atoms with Crippen LogP contribution < -0.4 is 9.64 Å². The van der Waals surface area contributed by atoms with Crippen LogP contribution in [-0.2, 0) is 4.79 Å². The quantitative estimate of drug-likeness (QED) is 0.783. The molecule has 0 radical (unpaired) electrons. The zero-order valence-electron chi connectivity index (χ0n) is 11.6. The number of Topliss-reactive ketones (excluding diaryl/α,β-unsaturated/α-hetero) is 1. The molecular formula is C15H19NO3. The summed E-state index contributed by atoms with van der Waals surface area (Å²) in [5, 5.41) is 0. The molecule has 0 aliphatic carbocycles. The molecule has 4 nitrogen and oxygen atoms in total. The van der Waals surface area contributed by atoms with Crippen molar-refractivity contribution in [2.75, 3.05) is 11.9 Å². The molecule has 2 rings (SSSR count). The predicted octanol–water partition coefficient (Wildman–Crippen LogP) is 2.80. The van der Waals surface area contributed by atoms with Gasteiger partial charge in [-0.25, -0.2) is 0 Å². The molecule has 1 aliphatic rings. The third kappa shape index (κ3) is 2.62. The van der Waals surface area contributed by atoms with Gasteiger partial charge in [-0.15, -0.1) is 0 Å². The fourth-order valence-electron chi connectivity index (χ4n) is 2.17. The van der Waals surface area contributed by atoms with Crippen molar-refractivity contribution in [2.45, 2.75) is 39.2 Å². The molecule has 0 spiro atoms. The van der Waals surface area contributed by atoms with Gasteiger partial charge >= 0.3 is 0 Å². The number of rotatable bonds is 4. The number of benzene rings is 1. The number of unbranched alkanes of at least 4 members (excludes halogenated alkanes) is 1. The Kier molecular flexibility index (Phi) is 3.88. The van der Waals surface area contributed by atoms with E-state index in [1.165, 1.54) is 0 Å². The van der Waals surface area contributed by atoms with Gasteiger partial charge < -0.3 is 9.64 Å². The molecule has 1 unspecified atom stereocenters. The number of ketones is 1. The summed E-state index contributed by atoms with van der Waals surface area (Å²) in [5.74, 6) is 0.662. The number of carbonyl (C=O) groups is 2. The van der Waals surface area contributed by atoms with Crippen LogP contribution in [-0.4, -0.2) is 24.8 Å². The van der Waals surface area contributed by atoms with Crippen molar-refractivity contribution >= 4 is 17.4 Å². The van der Waals surface area contributed by atoms with Crippen LogP contribution in [0.1, 0.15) is 43.5 Å². The number of carbonyl (C=O) groups excluding carboxylic acids is 2. The van der Waals surface area contributed by atoms with Crippen LogP contribution in [0.15, 0.2) is 18.2 Å². The molecule has 1 aliphatic heterocycles. The van der Waals surface area contributed by atoms with Crippen LogP contribution in [0, 0.1) is 0 Å². The second-order valence-electron chi connectivity index (χ2n) is 4.87. The Hall–Kier alpha value is -1.84. The fourth-order valence-corrected chi connectivity index (χ4v) is 2.17. The van der Waals surface area contributed by atoms with E-state index in [1.54, 1.807) is 37.1 Å². The second-order valence-corrected chi connectivity index (χ2v) is 4.87. The Morgan fingerprint density at radius 3 is 2.84 bits per heavy atom. The second kappa shape index (κ2) is 5.43. The van der Waals surface area contributed by atoms with E-state index in [-0.39, 0.29) is 11.7 Å². The van der Waals surface area contributed by atoms with E-state index in [0.29, 0.717) is 17.7 Å². The number of fused-ring (bicyclic) bond motifs is 1. The number of likely N-dealkylation sites (N-methyl/N-ethyl adjacent to an activating group) is 1. The summed E-state index contributed by atoms with van der Waals surface area (Å²) in [7, 11) is 1.72. The summed E-state index contributed by atoms with van der Waals surface area (Å²) in [4.78, 5) is 25.3. The first kappa shape index (κ1) is 13.6. The average Bonchev–Trinajstić information content (AvgIpc) is 2.41. The molecule has 19 heavy (non-hydrogen) atoms. The molecule has 0 saturated heterocycles. The topological polar surface area (TPSA) is 46.6 Å². The summed E-state index contributed by atoms with van der Waals surface area (Å²) in [6, 6.07) is 5.28. The summed E-state index contributed by atoms with van der Waals surface area (Å²) in [5.41, 5.74) is 1.37. The lowest BCUT2D eigenvalue weighted by Crippen LogP contribution is -2.42. The minimum Gasteiger partial charge on any atom is -0.479 e. The highest BCUT2D eigenvalue weighted by Crippen LogP contribution is 2.34. The molecule has 0 saturated carbocycles. The molecule has 0 fully saturated rings. The minimum atomic E-state index is -0.501. The Bertz CT molecular complexity index is 510. The highest BCUT2D eigenvalue weighted by Gasteiger charge is 2.29.